The van der Waals surface area contributed by atoms with E-state index in [-0.39, 0.29) is 0 Å². The van der Waals surface area contributed by atoms with Gasteiger partial charge in [-0.1, -0.05) is 73.9 Å². The van der Waals surface area contributed by atoms with Gasteiger partial charge in [-0.05, 0) is 83.2 Å². The molecule has 0 bridgehead atoms. The second-order valence-electron chi connectivity index (χ2n) is 10.5. The van der Waals surface area contributed by atoms with Crippen molar-refractivity contribution in [1.29, 1.82) is 0 Å². The highest BCUT2D eigenvalue weighted by Gasteiger charge is 2.14. The Labute approximate surface area is 243 Å². The number of nitrogens with one attached hydrogen (secondary N) is 2. The molecule has 0 aliphatic heterocycles. The highest BCUT2D eigenvalue weighted by molar-refractivity contribution is 7.80. The molecule has 1 aliphatic carbocycles. The van der Waals surface area contributed by atoms with Crippen molar-refractivity contribution in [2.45, 2.75) is 57.8 Å². The van der Waals surface area contributed by atoms with E-state index in [1.54, 1.807) is 13.3 Å². The van der Waals surface area contributed by atoms with Gasteiger partial charge in [0.05, 0.1) is 7.11 Å². The van der Waals surface area contributed by atoms with E-state index in [9.17, 15) is 0 Å². The maximum absolute atomic E-state index is 5.85. The highest BCUT2D eigenvalue weighted by Crippen LogP contribution is 2.23. The zero-order valence-electron chi connectivity index (χ0n) is 23.2. The van der Waals surface area contributed by atoms with Crippen molar-refractivity contribution in [1.82, 2.24) is 15.2 Å². The molecule has 2 N–H and O–H groups in total. The molecule has 206 valence electrons. The van der Waals surface area contributed by atoms with E-state index in [0.29, 0.717) is 24.2 Å². The highest BCUT2D eigenvalue weighted by atomic mass is 32.1. The number of nitrogens with zero attached hydrogens (tertiary/aromatic N) is 2. The summed E-state index contributed by atoms with van der Waals surface area (Å²) in [6.07, 6.45) is 10.4. The zero-order valence-corrected chi connectivity index (χ0v) is 24.0. The Hall–Kier alpha value is -3.74. The van der Waals surface area contributed by atoms with E-state index in [1.807, 2.05) is 36.5 Å². The third-order valence-electron chi connectivity index (χ3n) is 7.54. The molecule has 1 fully saturated rings. The average molecular weight is 551 g/mol. The fourth-order valence-corrected chi connectivity index (χ4v) is 5.44. The lowest BCUT2D eigenvalue weighted by Crippen LogP contribution is -2.33. The van der Waals surface area contributed by atoms with Gasteiger partial charge in [0.25, 0.3) is 0 Å². The van der Waals surface area contributed by atoms with Crippen molar-refractivity contribution in [3.05, 3.63) is 114 Å². The number of benzene rings is 3. The molecule has 1 aromatic heterocycles. The first kappa shape index (κ1) is 27.8. The Morgan fingerprint density at radius 3 is 2.10 bits per heavy atom. The van der Waals surface area contributed by atoms with Crippen LogP contribution in [-0.2, 0) is 19.6 Å². The van der Waals surface area contributed by atoms with Gasteiger partial charge in [-0.3, -0.25) is 4.98 Å². The summed E-state index contributed by atoms with van der Waals surface area (Å²) in [6.45, 7) is 2.29. The molecular formula is C34H38N4OS. The van der Waals surface area contributed by atoms with Crippen molar-refractivity contribution >= 4 is 23.0 Å². The van der Waals surface area contributed by atoms with Crippen LogP contribution in [0.2, 0.25) is 0 Å². The standard InChI is InChI=1S/C34H38N4OS/c1-39-33-19-17-32(18-20-33)37-34(40)38(25-28-6-5-21-35-22-28)24-27-11-15-30(16-12-27)29-13-9-26(10-14-29)23-36-31-7-3-2-4-8-31/h5-6,9-22,31,36H,2-4,7-8,23-25H2,1H3,(H,37,40). The van der Waals surface area contributed by atoms with E-state index < -0.39 is 0 Å². The summed E-state index contributed by atoms with van der Waals surface area (Å²) in [7, 11) is 1.67. The smallest absolute Gasteiger partial charge is 0.174 e. The first-order valence-electron chi connectivity index (χ1n) is 14.2. The lowest BCUT2D eigenvalue weighted by molar-refractivity contribution is 0.372. The number of hydrogen-bond donors (Lipinski definition) is 2. The number of thiocarbonyl (C=S) groups is 1. The second kappa shape index (κ2) is 14.1. The van der Waals surface area contributed by atoms with Crippen LogP contribution in [-0.4, -0.2) is 28.1 Å². The van der Waals surface area contributed by atoms with Gasteiger partial charge in [-0.15, -0.1) is 0 Å². The number of pyridine rings is 1. The quantitative estimate of drug-likeness (QED) is 0.199. The van der Waals surface area contributed by atoms with Gasteiger partial charge in [0.15, 0.2) is 5.11 Å². The van der Waals surface area contributed by atoms with Crippen LogP contribution in [0.25, 0.3) is 11.1 Å². The van der Waals surface area contributed by atoms with E-state index in [4.69, 9.17) is 17.0 Å². The molecule has 0 spiro atoms. The number of rotatable bonds is 10. The Kier molecular flexibility index (Phi) is 9.77. The monoisotopic (exact) mass is 550 g/mol. The van der Waals surface area contributed by atoms with Crippen LogP contribution in [0.1, 0.15) is 48.8 Å². The number of hydrogen-bond acceptors (Lipinski definition) is 4. The lowest BCUT2D eigenvalue weighted by atomic mass is 9.95. The largest absolute Gasteiger partial charge is 0.497 e. The average Bonchev–Trinajstić information content (AvgIpc) is 3.02. The molecule has 0 saturated heterocycles. The normalized spacial score (nSPS) is 13.5. The van der Waals surface area contributed by atoms with Crippen LogP contribution in [0.3, 0.4) is 0 Å². The van der Waals surface area contributed by atoms with Crippen LogP contribution in [0.5, 0.6) is 5.75 Å². The first-order valence-corrected chi connectivity index (χ1v) is 14.6. The van der Waals surface area contributed by atoms with Crippen LogP contribution in [0, 0.1) is 0 Å². The Balaban J connectivity index is 1.23. The topological polar surface area (TPSA) is 49.4 Å². The summed E-state index contributed by atoms with van der Waals surface area (Å²) >= 11 is 5.85. The van der Waals surface area contributed by atoms with Crippen molar-refractivity contribution in [3.63, 3.8) is 0 Å². The molecular weight excluding hydrogens is 512 g/mol. The summed E-state index contributed by atoms with van der Waals surface area (Å²) in [5.74, 6) is 0.814. The predicted molar refractivity (Wildman–Crippen MR) is 168 cm³/mol. The van der Waals surface area contributed by atoms with Gasteiger partial charge >= 0.3 is 0 Å². The molecule has 0 atom stereocenters. The minimum absolute atomic E-state index is 0.661. The van der Waals surface area contributed by atoms with Gasteiger partial charge in [0.1, 0.15) is 5.75 Å². The van der Waals surface area contributed by atoms with Gasteiger partial charge in [0.2, 0.25) is 0 Å². The Morgan fingerprint density at radius 1 is 0.825 bits per heavy atom. The minimum atomic E-state index is 0.661. The van der Waals surface area contributed by atoms with Crippen molar-refractivity contribution in [3.8, 4) is 16.9 Å². The predicted octanol–water partition coefficient (Wildman–Crippen LogP) is 7.58. The fraction of sp³-hybridized carbons (Fsp3) is 0.294. The number of methoxy groups -OCH3 is 1. The summed E-state index contributed by atoms with van der Waals surface area (Å²) in [5, 5.41) is 7.79. The van der Waals surface area contributed by atoms with E-state index in [2.05, 4.69) is 75.1 Å². The molecule has 6 heteroatoms. The summed E-state index contributed by atoms with van der Waals surface area (Å²) in [6, 6.07) is 30.3. The third-order valence-corrected chi connectivity index (χ3v) is 7.90. The first-order chi connectivity index (χ1) is 19.7. The molecule has 5 nitrogen and oxygen atoms in total. The molecule has 0 radical (unpaired) electrons. The molecule has 1 saturated carbocycles. The van der Waals surface area contributed by atoms with Crippen LogP contribution in [0.15, 0.2) is 97.3 Å². The maximum Gasteiger partial charge on any atom is 0.174 e. The van der Waals surface area contributed by atoms with Gasteiger partial charge < -0.3 is 20.3 Å². The molecule has 1 aliphatic rings. The van der Waals surface area contributed by atoms with E-state index in [1.165, 1.54) is 54.4 Å². The number of anilines is 1. The summed E-state index contributed by atoms with van der Waals surface area (Å²) in [5.41, 5.74) is 7.02. The molecule has 0 unspecified atom stereocenters. The Bertz CT molecular complexity index is 1340. The lowest BCUT2D eigenvalue weighted by Gasteiger charge is -2.26. The molecule has 3 aromatic carbocycles. The minimum Gasteiger partial charge on any atom is -0.497 e. The number of ether oxygens (including phenoxy) is 1. The van der Waals surface area contributed by atoms with Gasteiger partial charge in [-0.25, -0.2) is 0 Å². The van der Waals surface area contributed by atoms with Crippen LogP contribution < -0.4 is 15.4 Å². The second-order valence-corrected chi connectivity index (χ2v) is 10.9. The summed E-state index contributed by atoms with van der Waals surface area (Å²) in [4.78, 5) is 6.45. The van der Waals surface area contributed by atoms with Crippen molar-refractivity contribution in [2.75, 3.05) is 12.4 Å². The fourth-order valence-electron chi connectivity index (χ4n) is 5.20. The van der Waals surface area contributed by atoms with E-state index >= 15 is 0 Å². The molecule has 4 aromatic rings. The van der Waals surface area contributed by atoms with Crippen molar-refractivity contribution < 1.29 is 4.74 Å². The zero-order chi connectivity index (χ0) is 27.6. The molecule has 0 amide bonds. The third kappa shape index (κ3) is 7.90. The Morgan fingerprint density at radius 2 is 1.48 bits per heavy atom. The maximum atomic E-state index is 5.85. The van der Waals surface area contributed by atoms with Gasteiger partial charge in [-0.2, -0.15) is 0 Å². The van der Waals surface area contributed by atoms with Gasteiger partial charge in [0, 0.05) is 43.8 Å². The van der Waals surface area contributed by atoms with Crippen LogP contribution in [0.4, 0.5) is 5.69 Å². The molecule has 1 heterocycles. The SMILES string of the molecule is COc1ccc(NC(=S)N(Cc2ccc(-c3ccc(CNC4CCCCC4)cc3)cc2)Cc2cccnc2)cc1. The molecule has 40 heavy (non-hydrogen) atoms. The van der Waals surface area contributed by atoms with Crippen molar-refractivity contribution in [2.24, 2.45) is 0 Å². The number of aromatic nitrogens is 1. The summed E-state index contributed by atoms with van der Waals surface area (Å²) < 4.78 is 5.28. The van der Waals surface area contributed by atoms with Crippen LogP contribution >= 0.6 is 12.2 Å². The molecule has 5 rings (SSSR count). The van der Waals surface area contributed by atoms with E-state index in [0.717, 1.165) is 23.5 Å².